The standard InChI is InChI=1S/C24H24N2O7S/c1-16-13-20(34(28,29)26-17-3-6-19(30-2)7-4-17)8-10-21(16)33-15-24(27)25-18-5-9-22-23(14-18)32-12-11-31-22/h3-10,13-14,26H,11-12,15H2,1-2H3,(H,25,27). The number of hydrogen-bond acceptors (Lipinski definition) is 7. The van der Waals surface area contributed by atoms with Crippen molar-refractivity contribution in [2.75, 3.05) is 37.0 Å². The Morgan fingerprint density at radius 3 is 2.35 bits per heavy atom. The van der Waals surface area contributed by atoms with E-state index in [4.69, 9.17) is 18.9 Å². The monoisotopic (exact) mass is 484 g/mol. The molecule has 1 heterocycles. The van der Waals surface area contributed by atoms with Crippen molar-refractivity contribution in [2.45, 2.75) is 11.8 Å². The fourth-order valence-electron chi connectivity index (χ4n) is 3.29. The van der Waals surface area contributed by atoms with Crippen molar-refractivity contribution in [2.24, 2.45) is 0 Å². The molecular weight excluding hydrogens is 460 g/mol. The largest absolute Gasteiger partial charge is 0.497 e. The van der Waals surface area contributed by atoms with Gasteiger partial charge in [0.2, 0.25) is 0 Å². The van der Waals surface area contributed by atoms with Gasteiger partial charge in [-0.3, -0.25) is 9.52 Å². The van der Waals surface area contributed by atoms with Crippen LogP contribution < -0.4 is 29.0 Å². The van der Waals surface area contributed by atoms with Crippen LogP contribution in [0.3, 0.4) is 0 Å². The SMILES string of the molecule is COc1ccc(NS(=O)(=O)c2ccc(OCC(=O)Nc3ccc4c(c3)OCCO4)c(C)c2)cc1. The maximum absolute atomic E-state index is 12.7. The number of methoxy groups -OCH3 is 1. The number of hydrogen-bond donors (Lipinski definition) is 2. The van der Waals surface area contributed by atoms with E-state index >= 15 is 0 Å². The third-order valence-electron chi connectivity index (χ3n) is 4.98. The van der Waals surface area contributed by atoms with Crippen LogP contribution in [0.15, 0.2) is 65.6 Å². The molecule has 34 heavy (non-hydrogen) atoms. The topological polar surface area (TPSA) is 112 Å². The van der Waals surface area contributed by atoms with Gasteiger partial charge in [0.25, 0.3) is 15.9 Å². The van der Waals surface area contributed by atoms with Gasteiger partial charge in [0.1, 0.15) is 24.7 Å². The molecule has 0 aliphatic carbocycles. The molecule has 0 bridgehead atoms. The van der Waals surface area contributed by atoms with Crippen LogP contribution in [0.25, 0.3) is 0 Å². The van der Waals surface area contributed by atoms with Crippen molar-refractivity contribution in [3.63, 3.8) is 0 Å². The molecule has 4 rings (SSSR count). The minimum atomic E-state index is -3.80. The summed E-state index contributed by atoms with van der Waals surface area (Å²) in [6.45, 7) is 2.41. The van der Waals surface area contributed by atoms with Gasteiger partial charge in [0.15, 0.2) is 18.1 Å². The maximum atomic E-state index is 12.7. The molecule has 1 amide bonds. The summed E-state index contributed by atoms with van der Waals surface area (Å²) in [4.78, 5) is 12.4. The van der Waals surface area contributed by atoms with E-state index in [2.05, 4.69) is 10.0 Å². The lowest BCUT2D eigenvalue weighted by molar-refractivity contribution is -0.118. The Hall–Kier alpha value is -3.92. The summed E-state index contributed by atoms with van der Waals surface area (Å²) in [7, 11) is -2.26. The van der Waals surface area contributed by atoms with Crippen LogP contribution in [0.4, 0.5) is 11.4 Å². The highest BCUT2D eigenvalue weighted by Gasteiger charge is 2.17. The normalized spacial score (nSPS) is 12.5. The zero-order chi connectivity index (χ0) is 24.1. The zero-order valence-electron chi connectivity index (χ0n) is 18.7. The molecule has 0 radical (unpaired) electrons. The first-order chi connectivity index (χ1) is 16.3. The quantitative estimate of drug-likeness (QED) is 0.502. The van der Waals surface area contributed by atoms with Gasteiger partial charge in [-0.05, 0) is 67.1 Å². The Balaban J connectivity index is 1.36. The first kappa shape index (κ1) is 23.2. The van der Waals surface area contributed by atoms with Crippen LogP contribution in [-0.4, -0.2) is 41.3 Å². The molecule has 3 aromatic carbocycles. The second-order valence-electron chi connectivity index (χ2n) is 7.46. The third kappa shape index (κ3) is 5.52. The van der Waals surface area contributed by atoms with Gasteiger partial charge in [0.05, 0.1) is 12.0 Å². The maximum Gasteiger partial charge on any atom is 0.262 e. The van der Waals surface area contributed by atoms with Gasteiger partial charge in [-0.25, -0.2) is 8.42 Å². The highest BCUT2D eigenvalue weighted by Crippen LogP contribution is 2.32. The van der Waals surface area contributed by atoms with Crippen LogP contribution >= 0.6 is 0 Å². The summed E-state index contributed by atoms with van der Waals surface area (Å²) in [5.41, 5.74) is 1.54. The number of ether oxygens (including phenoxy) is 4. The second kappa shape index (κ2) is 9.92. The molecular formula is C24H24N2O7S. The molecule has 0 saturated carbocycles. The number of sulfonamides is 1. The van der Waals surface area contributed by atoms with Crippen LogP contribution in [0, 0.1) is 6.92 Å². The van der Waals surface area contributed by atoms with Crippen LogP contribution in [-0.2, 0) is 14.8 Å². The van der Waals surface area contributed by atoms with E-state index in [0.717, 1.165) is 0 Å². The molecule has 178 valence electrons. The summed E-state index contributed by atoms with van der Waals surface area (Å²) in [5.74, 6) is 1.86. The molecule has 0 atom stereocenters. The predicted octanol–water partition coefficient (Wildman–Crippen LogP) is 3.59. The highest BCUT2D eigenvalue weighted by molar-refractivity contribution is 7.92. The Labute approximate surface area is 197 Å². The van der Waals surface area contributed by atoms with Gasteiger partial charge in [-0.2, -0.15) is 0 Å². The van der Waals surface area contributed by atoms with E-state index in [0.29, 0.717) is 53.2 Å². The lowest BCUT2D eigenvalue weighted by atomic mass is 10.2. The molecule has 9 nitrogen and oxygen atoms in total. The number of amides is 1. The Bertz CT molecular complexity index is 1290. The molecule has 10 heteroatoms. The van der Waals surface area contributed by atoms with Crippen molar-refractivity contribution >= 4 is 27.3 Å². The van der Waals surface area contributed by atoms with Crippen LogP contribution in [0.1, 0.15) is 5.56 Å². The van der Waals surface area contributed by atoms with Crippen molar-refractivity contribution < 1.29 is 32.2 Å². The summed E-state index contributed by atoms with van der Waals surface area (Å²) < 4.78 is 49.6. The van der Waals surface area contributed by atoms with Gasteiger partial charge in [-0.15, -0.1) is 0 Å². The molecule has 0 unspecified atom stereocenters. The van der Waals surface area contributed by atoms with Crippen molar-refractivity contribution in [3.05, 3.63) is 66.2 Å². The van der Waals surface area contributed by atoms with Gasteiger partial charge >= 0.3 is 0 Å². The minimum absolute atomic E-state index is 0.0777. The number of aryl methyl sites for hydroxylation is 1. The van der Waals surface area contributed by atoms with E-state index in [-0.39, 0.29) is 17.4 Å². The predicted molar refractivity (Wildman–Crippen MR) is 127 cm³/mol. The average molecular weight is 485 g/mol. The van der Waals surface area contributed by atoms with E-state index in [1.165, 1.54) is 25.3 Å². The molecule has 1 aliphatic rings. The first-order valence-corrected chi connectivity index (χ1v) is 11.9. The highest BCUT2D eigenvalue weighted by atomic mass is 32.2. The molecule has 0 fully saturated rings. The van der Waals surface area contributed by atoms with E-state index in [1.54, 1.807) is 49.4 Å². The lowest BCUT2D eigenvalue weighted by Crippen LogP contribution is -2.21. The molecule has 1 aliphatic heterocycles. The molecule has 2 N–H and O–H groups in total. The zero-order valence-corrected chi connectivity index (χ0v) is 19.5. The number of benzene rings is 3. The molecule has 0 aromatic heterocycles. The Kier molecular flexibility index (Phi) is 6.78. The number of nitrogens with one attached hydrogen (secondary N) is 2. The number of carbonyl (C=O) groups excluding carboxylic acids is 1. The summed E-state index contributed by atoms with van der Waals surface area (Å²) in [6.07, 6.45) is 0. The van der Waals surface area contributed by atoms with Crippen LogP contribution in [0.2, 0.25) is 0 Å². The smallest absolute Gasteiger partial charge is 0.262 e. The molecule has 3 aromatic rings. The average Bonchev–Trinajstić information content (AvgIpc) is 2.83. The van der Waals surface area contributed by atoms with E-state index < -0.39 is 10.0 Å². The van der Waals surface area contributed by atoms with Crippen molar-refractivity contribution in [1.82, 2.24) is 0 Å². The number of fused-ring (bicyclic) bond motifs is 1. The lowest BCUT2D eigenvalue weighted by Gasteiger charge is -2.19. The summed E-state index contributed by atoms with van der Waals surface area (Å²) in [6, 6.07) is 16.1. The van der Waals surface area contributed by atoms with Crippen molar-refractivity contribution in [3.8, 4) is 23.0 Å². The van der Waals surface area contributed by atoms with Gasteiger partial charge in [0, 0.05) is 17.4 Å². The number of carbonyl (C=O) groups is 1. The molecule has 0 spiro atoms. The fourth-order valence-corrected chi connectivity index (χ4v) is 4.43. The summed E-state index contributed by atoms with van der Waals surface area (Å²) in [5, 5.41) is 2.74. The Morgan fingerprint density at radius 1 is 0.941 bits per heavy atom. The van der Waals surface area contributed by atoms with Crippen molar-refractivity contribution in [1.29, 1.82) is 0 Å². The summed E-state index contributed by atoms with van der Waals surface area (Å²) >= 11 is 0. The Morgan fingerprint density at radius 2 is 1.65 bits per heavy atom. The van der Waals surface area contributed by atoms with Gasteiger partial charge < -0.3 is 24.3 Å². The van der Waals surface area contributed by atoms with Gasteiger partial charge in [-0.1, -0.05) is 0 Å². The first-order valence-electron chi connectivity index (χ1n) is 10.4. The van der Waals surface area contributed by atoms with E-state index in [1.807, 2.05) is 0 Å². The second-order valence-corrected chi connectivity index (χ2v) is 9.14. The number of anilines is 2. The van der Waals surface area contributed by atoms with Crippen LogP contribution in [0.5, 0.6) is 23.0 Å². The molecule has 0 saturated heterocycles. The number of rotatable bonds is 8. The minimum Gasteiger partial charge on any atom is -0.497 e. The van der Waals surface area contributed by atoms with E-state index in [9.17, 15) is 13.2 Å². The fraction of sp³-hybridized carbons (Fsp3) is 0.208. The third-order valence-corrected chi connectivity index (χ3v) is 6.36.